The van der Waals surface area contributed by atoms with E-state index in [4.69, 9.17) is 4.74 Å². The highest BCUT2D eigenvalue weighted by Crippen LogP contribution is 2.30. The number of carbonyl (C=O) groups excluding carboxylic acids is 1. The summed E-state index contributed by atoms with van der Waals surface area (Å²) in [5.41, 5.74) is 1.62. The summed E-state index contributed by atoms with van der Waals surface area (Å²) in [4.78, 5) is 20.9. The number of nitrogens with zero attached hydrogens (tertiary/aromatic N) is 2. The number of ether oxygens (including phenoxy) is 1. The first-order chi connectivity index (χ1) is 12.1. The van der Waals surface area contributed by atoms with Crippen molar-refractivity contribution in [2.45, 2.75) is 13.0 Å². The van der Waals surface area contributed by atoms with Crippen LogP contribution in [-0.4, -0.2) is 36.5 Å². The third-order valence-corrected chi connectivity index (χ3v) is 5.45. The Kier molecular flexibility index (Phi) is 4.15. The van der Waals surface area contributed by atoms with Gasteiger partial charge in [0, 0.05) is 24.4 Å². The highest BCUT2D eigenvalue weighted by Gasteiger charge is 2.20. The molecule has 25 heavy (non-hydrogen) atoms. The SMILES string of the molecule is COc1cc2ccccc2cc1C(=O)Nc1nc2c(s1)CN(C)CC2. The maximum atomic E-state index is 12.8. The smallest absolute Gasteiger partial charge is 0.261 e. The maximum Gasteiger partial charge on any atom is 0.261 e. The molecule has 0 fully saturated rings. The van der Waals surface area contributed by atoms with Gasteiger partial charge in [-0.2, -0.15) is 0 Å². The van der Waals surface area contributed by atoms with Crippen molar-refractivity contribution in [3.63, 3.8) is 0 Å². The minimum atomic E-state index is -0.193. The molecule has 0 spiro atoms. The lowest BCUT2D eigenvalue weighted by atomic mass is 10.1. The number of fused-ring (bicyclic) bond motifs is 2. The lowest BCUT2D eigenvalue weighted by Gasteiger charge is -2.20. The van der Waals surface area contributed by atoms with E-state index in [-0.39, 0.29) is 5.91 Å². The van der Waals surface area contributed by atoms with Crippen LogP contribution in [0.5, 0.6) is 5.75 Å². The minimum absolute atomic E-state index is 0.193. The molecule has 0 unspecified atom stereocenters. The Morgan fingerprint density at radius 2 is 2.04 bits per heavy atom. The van der Waals surface area contributed by atoms with Gasteiger partial charge in [-0.25, -0.2) is 4.98 Å². The molecular weight excluding hydrogens is 334 g/mol. The first-order valence-electron chi connectivity index (χ1n) is 8.19. The van der Waals surface area contributed by atoms with Crippen molar-refractivity contribution < 1.29 is 9.53 Å². The lowest BCUT2D eigenvalue weighted by molar-refractivity contribution is 0.102. The fourth-order valence-electron chi connectivity index (χ4n) is 3.11. The highest BCUT2D eigenvalue weighted by molar-refractivity contribution is 7.15. The van der Waals surface area contributed by atoms with Crippen molar-refractivity contribution in [2.75, 3.05) is 26.0 Å². The van der Waals surface area contributed by atoms with Gasteiger partial charge in [0.05, 0.1) is 18.4 Å². The molecule has 0 saturated heterocycles. The van der Waals surface area contributed by atoms with Crippen LogP contribution in [0.25, 0.3) is 10.8 Å². The first kappa shape index (κ1) is 16.1. The quantitative estimate of drug-likeness (QED) is 0.782. The monoisotopic (exact) mass is 353 g/mol. The molecule has 1 aliphatic rings. The molecule has 1 N–H and O–H groups in total. The summed E-state index contributed by atoms with van der Waals surface area (Å²) in [5, 5.41) is 5.65. The number of amides is 1. The summed E-state index contributed by atoms with van der Waals surface area (Å²) in [6.45, 7) is 1.89. The second-order valence-corrected chi connectivity index (χ2v) is 7.31. The van der Waals surface area contributed by atoms with Gasteiger partial charge in [-0.1, -0.05) is 24.3 Å². The van der Waals surface area contributed by atoms with Crippen LogP contribution >= 0.6 is 11.3 Å². The standard InChI is InChI=1S/C19H19N3O2S/c1-22-8-7-15-17(11-22)25-19(20-15)21-18(23)14-9-12-5-3-4-6-13(12)10-16(14)24-2/h3-6,9-10H,7-8,11H2,1-2H3,(H,20,21,23). The van der Waals surface area contributed by atoms with Gasteiger partial charge in [0.2, 0.25) is 0 Å². The average molecular weight is 353 g/mol. The van der Waals surface area contributed by atoms with Crippen molar-refractivity contribution in [1.29, 1.82) is 0 Å². The second-order valence-electron chi connectivity index (χ2n) is 6.23. The van der Waals surface area contributed by atoms with E-state index in [0.29, 0.717) is 16.4 Å². The Morgan fingerprint density at radius 1 is 1.28 bits per heavy atom. The zero-order chi connectivity index (χ0) is 17.4. The van der Waals surface area contributed by atoms with Gasteiger partial charge in [0.25, 0.3) is 5.91 Å². The van der Waals surface area contributed by atoms with E-state index in [9.17, 15) is 4.79 Å². The zero-order valence-corrected chi connectivity index (χ0v) is 15.0. The molecule has 0 atom stereocenters. The molecule has 0 radical (unpaired) electrons. The molecule has 4 rings (SSSR count). The Hall–Kier alpha value is -2.44. The van der Waals surface area contributed by atoms with Crippen LogP contribution < -0.4 is 10.1 Å². The molecule has 1 aromatic heterocycles. The molecule has 5 nitrogen and oxygen atoms in total. The highest BCUT2D eigenvalue weighted by atomic mass is 32.1. The van der Waals surface area contributed by atoms with Crippen LogP contribution in [0, 0.1) is 0 Å². The van der Waals surface area contributed by atoms with Crippen LogP contribution in [0.1, 0.15) is 20.9 Å². The molecule has 128 valence electrons. The van der Waals surface area contributed by atoms with E-state index >= 15 is 0 Å². The fraction of sp³-hybridized carbons (Fsp3) is 0.263. The number of thiazole rings is 1. The van der Waals surface area contributed by atoms with E-state index in [1.807, 2.05) is 36.4 Å². The van der Waals surface area contributed by atoms with Crippen molar-refractivity contribution in [1.82, 2.24) is 9.88 Å². The normalized spacial score (nSPS) is 14.3. The Morgan fingerprint density at radius 3 is 2.80 bits per heavy atom. The molecule has 2 heterocycles. The molecule has 1 amide bonds. The van der Waals surface area contributed by atoms with Gasteiger partial charge in [0.1, 0.15) is 5.75 Å². The van der Waals surface area contributed by atoms with E-state index < -0.39 is 0 Å². The van der Waals surface area contributed by atoms with Crippen molar-refractivity contribution in [3.8, 4) is 5.75 Å². The first-order valence-corrected chi connectivity index (χ1v) is 9.01. The number of aromatic nitrogens is 1. The van der Waals surface area contributed by atoms with Crippen LogP contribution in [-0.2, 0) is 13.0 Å². The van der Waals surface area contributed by atoms with E-state index in [1.165, 1.54) is 4.88 Å². The van der Waals surface area contributed by atoms with Crippen LogP contribution in [0.15, 0.2) is 36.4 Å². The molecule has 1 aliphatic heterocycles. The Labute approximate surface area is 150 Å². The predicted octanol–water partition coefficient (Wildman–Crippen LogP) is 3.55. The molecule has 2 aromatic carbocycles. The maximum absolute atomic E-state index is 12.8. The van der Waals surface area contributed by atoms with Gasteiger partial charge >= 0.3 is 0 Å². The number of anilines is 1. The number of hydrogen-bond donors (Lipinski definition) is 1. The van der Waals surface area contributed by atoms with Gasteiger partial charge in [-0.15, -0.1) is 11.3 Å². The van der Waals surface area contributed by atoms with Crippen molar-refractivity contribution in [3.05, 3.63) is 52.5 Å². The molecule has 0 saturated carbocycles. The van der Waals surface area contributed by atoms with Crippen LogP contribution in [0.2, 0.25) is 0 Å². The second kappa shape index (κ2) is 6.46. The molecule has 0 aliphatic carbocycles. The summed E-state index contributed by atoms with van der Waals surface area (Å²) in [6, 6.07) is 11.7. The van der Waals surface area contributed by atoms with Crippen LogP contribution in [0.3, 0.4) is 0 Å². The van der Waals surface area contributed by atoms with E-state index in [0.717, 1.165) is 36.0 Å². The summed E-state index contributed by atoms with van der Waals surface area (Å²) >= 11 is 1.55. The fourth-order valence-corrected chi connectivity index (χ4v) is 4.19. The average Bonchev–Trinajstić information content (AvgIpc) is 3.01. The number of hydrogen-bond acceptors (Lipinski definition) is 5. The van der Waals surface area contributed by atoms with Gasteiger partial charge < -0.3 is 9.64 Å². The Bertz CT molecular complexity index is 951. The summed E-state index contributed by atoms with van der Waals surface area (Å²) in [5.74, 6) is 0.374. The largest absolute Gasteiger partial charge is 0.496 e. The van der Waals surface area contributed by atoms with E-state index in [1.54, 1.807) is 18.4 Å². The number of likely N-dealkylation sites (N-methyl/N-ethyl adjacent to an activating group) is 1. The van der Waals surface area contributed by atoms with Gasteiger partial charge in [-0.3, -0.25) is 10.1 Å². The zero-order valence-electron chi connectivity index (χ0n) is 14.2. The number of methoxy groups -OCH3 is 1. The number of nitrogens with one attached hydrogen (secondary N) is 1. The summed E-state index contributed by atoms with van der Waals surface area (Å²) in [7, 11) is 3.68. The molecule has 3 aromatic rings. The molecular formula is C19H19N3O2S. The number of carbonyl (C=O) groups is 1. The van der Waals surface area contributed by atoms with Crippen molar-refractivity contribution in [2.24, 2.45) is 0 Å². The predicted molar refractivity (Wildman–Crippen MR) is 101 cm³/mol. The van der Waals surface area contributed by atoms with Gasteiger partial charge in [-0.05, 0) is 30.0 Å². The van der Waals surface area contributed by atoms with Crippen molar-refractivity contribution >= 4 is 33.1 Å². The van der Waals surface area contributed by atoms with Gasteiger partial charge in [0.15, 0.2) is 5.13 Å². The third kappa shape index (κ3) is 3.10. The minimum Gasteiger partial charge on any atom is -0.496 e. The molecule has 0 bridgehead atoms. The molecule has 6 heteroatoms. The Balaban J connectivity index is 1.64. The third-order valence-electron chi connectivity index (χ3n) is 4.46. The lowest BCUT2D eigenvalue weighted by Crippen LogP contribution is -2.25. The topological polar surface area (TPSA) is 54.5 Å². The summed E-state index contributed by atoms with van der Waals surface area (Å²) < 4.78 is 5.42. The summed E-state index contributed by atoms with van der Waals surface area (Å²) in [6.07, 6.45) is 0.928. The number of rotatable bonds is 3. The van der Waals surface area contributed by atoms with Crippen LogP contribution in [0.4, 0.5) is 5.13 Å². The number of benzene rings is 2. The van der Waals surface area contributed by atoms with E-state index in [2.05, 4.69) is 22.2 Å².